The van der Waals surface area contributed by atoms with Crippen molar-refractivity contribution in [3.8, 4) is 0 Å². The van der Waals surface area contributed by atoms with Crippen LogP contribution in [0.15, 0.2) is 79.0 Å². The summed E-state index contributed by atoms with van der Waals surface area (Å²) in [6.07, 6.45) is 1.73. The van der Waals surface area contributed by atoms with Crippen LogP contribution in [-0.2, 0) is 0 Å². The van der Waals surface area contributed by atoms with Crippen LogP contribution in [-0.4, -0.2) is 44.1 Å². The van der Waals surface area contributed by atoms with E-state index in [9.17, 15) is 4.79 Å². The molecule has 1 amide bonds. The highest BCUT2D eigenvalue weighted by molar-refractivity contribution is 6.04. The largest absolute Gasteiger partial charge is 0.368 e. The van der Waals surface area contributed by atoms with Crippen LogP contribution in [0.2, 0.25) is 0 Å². The molecule has 0 radical (unpaired) electrons. The minimum Gasteiger partial charge on any atom is -0.368 e. The topological polar surface area (TPSA) is 39.7 Å². The summed E-state index contributed by atoms with van der Waals surface area (Å²) in [6.45, 7) is 3.75. The number of nitrogens with zero attached hydrogens (tertiary/aromatic N) is 4. The monoisotopic (exact) mass is 372 g/mol. The van der Waals surface area contributed by atoms with Crippen molar-refractivity contribution in [1.29, 1.82) is 0 Å². The lowest BCUT2D eigenvalue weighted by Crippen LogP contribution is -2.46. The number of anilines is 3. The van der Waals surface area contributed by atoms with Gasteiger partial charge < -0.3 is 14.7 Å². The molecule has 0 unspecified atom stereocenters. The van der Waals surface area contributed by atoms with Crippen LogP contribution >= 0.6 is 0 Å². The van der Waals surface area contributed by atoms with E-state index < -0.39 is 0 Å². The maximum absolute atomic E-state index is 12.9. The average Bonchev–Trinajstić information content (AvgIpc) is 2.79. The summed E-state index contributed by atoms with van der Waals surface area (Å²) in [4.78, 5) is 23.5. The fraction of sp³-hybridized carbons (Fsp3) is 0.217. The molecular weight excluding hydrogens is 348 g/mol. The molecule has 3 aromatic rings. The zero-order valence-corrected chi connectivity index (χ0v) is 16.0. The number of hydrogen-bond donors (Lipinski definition) is 0. The molecule has 4 rings (SSSR count). The molecule has 2 heterocycles. The van der Waals surface area contributed by atoms with Crippen molar-refractivity contribution in [2.75, 3.05) is 47.9 Å². The summed E-state index contributed by atoms with van der Waals surface area (Å²) in [5.41, 5.74) is 3.63. The van der Waals surface area contributed by atoms with E-state index in [0.29, 0.717) is 5.69 Å². The van der Waals surface area contributed by atoms with Crippen molar-refractivity contribution < 1.29 is 4.79 Å². The molecule has 0 atom stereocenters. The zero-order chi connectivity index (χ0) is 19.3. The summed E-state index contributed by atoms with van der Waals surface area (Å²) >= 11 is 0. The van der Waals surface area contributed by atoms with Gasteiger partial charge in [-0.25, -0.2) is 0 Å². The summed E-state index contributed by atoms with van der Waals surface area (Å²) in [5.74, 6) is -0.101. The Bertz CT molecular complexity index is 922. The van der Waals surface area contributed by atoms with Gasteiger partial charge in [-0.2, -0.15) is 0 Å². The fourth-order valence-corrected chi connectivity index (χ4v) is 3.54. The van der Waals surface area contributed by atoms with Gasteiger partial charge in [0.2, 0.25) is 0 Å². The molecule has 0 N–H and O–H groups in total. The highest BCUT2D eigenvalue weighted by atomic mass is 16.2. The smallest absolute Gasteiger partial charge is 0.276 e. The van der Waals surface area contributed by atoms with E-state index in [2.05, 4.69) is 39.0 Å². The van der Waals surface area contributed by atoms with E-state index in [4.69, 9.17) is 0 Å². The Hall–Kier alpha value is -3.34. The number of rotatable bonds is 4. The van der Waals surface area contributed by atoms with Gasteiger partial charge in [0.15, 0.2) is 0 Å². The highest BCUT2D eigenvalue weighted by Crippen LogP contribution is 2.22. The number of hydrogen-bond acceptors (Lipinski definition) is 4. The van der Waals surface area contributed by atoms with Crippen LogP contribution in [0, 0.1) is 0 Å². The van der Waals surface area contributed by atoms with Crippen LogP contribution in [0.3, 0.4) is 0 Å². The molecule has 1 aliphatic rings. The third-order valence-electron chi connectivity index (χ3n) is 5.18. The predicted molar refractivity (Wildman–Crippen MR) is 114 cm³/mol. The number of benzene rings is 2. The third kappa shape index (κ3) is 3.83. The number of carbonyl (C=O) groups is 1. The van der Waals surface area contributed by atoms with Crippen molar-refractivity contribution in [2.45, 2.75) is 0 Å². The lowest BCUT2D eigenvalue weighted by atomic mass is 10.2. The van der Waals surface area contributed by atoms with E-state index in [1.807, 2.05) is 48.5 Å². The summed E-state index contributed by atoms with van der Waals surface area (Å²) < 4.78 is 0. The van der Waals surface area contributed by atoms with Crippen LogP contribution < -0.4 is 14.7 Å². The van der Waals surface area contributed by atoms with Crippen molar-refractivity contribution in [3.63, 3.8) is 0 Å². The summed E-state index contributed by atoms with van der Waals surface area (Å²) in [7, 11) is 1.78. The molecule has 5 heteroatoms. The van der Waals surface area contributed by atoms with Crippen LogP contribution in [0.4, 0.5) is 17.1 Å². The number of para-hydroxylation sites is 2. The molecule has 28 heavy (non-hydrogen) atoms. The first kappa shape index (κ1) is 18.0. The molecule has 0 spiro atoms. The van der Waals surface area contributed by atoms with Crippen LogP contribution in [0.5, 0.6) is 0 Å². The van der Waals surface area contributed by atoms with Crippen molar-refractivity contribution in [1.82, 2.24) is 4.98 Å². The molecule has 142 valence electrons. The SMILES string of the molecule is CN(C(=O)c1cc(N2CCN(c3ccccc3)CC2)ccn1)c1ccccc1. The molecule has 5 nitrogen and oxygen atoms in total. The van der Waals surface area contributed by atoms with Gasteiger partial charge in [-0.1, -0.05) is 36.4 Å². The first-order valence-electron chi connectivity index (χ1n) is 9.56. The highest BCUT2D eigenvalue weighted by Gasteiger charge is 2.20. The molecule has 1 aliphatic heterocycles. The van der Waals surface area contributed by atoms with Crippen LogP contribution in [0.25, 0.3) is 0 Å². The van der Waals surface area contributed by atoms with E-state index >= 15 is 0 Å². The second kappa shape index (κ2) is 8.13. The van der Waals surface area contributed by atoms with Crippen molar-refractivity contribution in [3.05, 3.63) is 84.7 Å². The molecule has 1 fully saturated rings. The van der Waals surface area contributed by atoms with E-state index in [1.54, 1.807) is 18.1 Å². The Labute approximate surface area is 165 Å². The van der Waals surface area contributed by atoms with E-state index in [-0.39, 0.29) is 5.91 Å². The second-order valence-corrected chi connectivity index (χ2v) is 6.91. The van der Waals surface area contributed by atoms with E-state index in [0.717, 1.165) is 37.6 Å². The van der Waals surface area contributed by atoms with Gasteiger partial charge in [-0.05, 0) is 36.4 Å². The quantitative estimate of drug-likeness (QED) is 0.700. The fourth-order valence-electron chi connectivity index (χ4n) is 3.54. The summed E-state index contributed by atoms with van der Waals surface area (Å²) in [6, 6.07) is 24.0. The molecule has 0 bridgehead atoms. The third-order valence-corrected chi connectivity index (χ3v) is 5.18. The zero-order valence-electron chi connectivity index (χ0n) is 16.0. The Morgan fingerprint density at radius 3 is 2.04 bits per heavy atom. The lowest BCUT2D eigenvalue weighted by Gasteiger charge is -2.37. The standard InChI is InChI=1S/C23H24N4O/c1-25(19-8-4-2-5-9-19)23(28)22-18-21(12-13-24-22)27-16-14-26(15-17-27)20-10-6-3-7-11-20/h2-13,18H,14-17H2,1H3. The predicted octanol–water partition coefficient (Wildman–Crippen LogP) is 3.68. The normalized spacial score (nSPS) is 14.0. The lowest BCUT2D eigenvalue weighted by molar-refractivity contribution is 0.0988. The Morgan fingerprint density at radius 1 is 0.821 bits per heavy atom. The van der Waals surface area contributed by atoms with Crippen molar-refractivity contribution >= 4 is 23.0 Å². The minimum atomic E-state index is -0.101. The van der Waals surface area contributed by atoms with Gasteiger partial charge in [0.1, 0.15) is 5.69 Å². The van der Waals surface area contributed by atoms with E-state index in [1.165, 1.54) is 5.69 Å². The van der Waals surface area contributed by atoms with Gasteiger partial charge in [-0.15, -0.1) is 0 Å². The molecule has 0 saturated carbocycles. The Kier molecular flexibility index (Phi) is 5.24. The van der Waals surface area contributed by atoms with Gasteiger partial charge in [0.25, 0.3) is 5.91 Å². The molecule has 1 saturated heterocycles. The average molecular weight is 372 g/mol. The maximum Gasteiger partial charge on any atom is 0.276 e. The number of carbonyl (C=O) groups excluding carboxylic acids is 1. The van der Waals surface area contributed by atoms with Gasteiger partial charge >= 0.3 is 0 Å². The maximum atomic E-state index is 12.9. The first-order chi connectivity index (χ1) is 13.7. The second-order valence-electron chi connectivity index (χ2n) is 6.91. The molecular formula is C23H24N4O. The number of amides is 1. The molecule has 0 aliphatic carbocycles. The van der Waals surface area contributed by atoms with Crippen LogP contribution in [0.1, 0.15) is 10.5 Å². The Morgan fingerprint density at radius 2 is 1.39 bits per heavy atom. The summed E-state index contributed by atoms with van der Waals surface area (Å²) in [5, 5.41) is 0. The van der Waals surface area contributed by atoms with Gasteiger partial charge in [0, 0.05) is 56.5 Å². The molecule has 2 aromatic carbocycles. The minimum absolute atomic E-state index is 0.101. The number of pyridine rings is 1. The van der Waals surface area contributed by atoms with Gasteiger partial charge in [-0.3, -0.25) is 9.78 Å². The number of piperazine rings is 1. The Balaban J connectivity index is 1.45. The van der Waals surface area contributed by atoms with Crippen molar-refractivity contribution in [2.24, 2.45) is 0 Å². The molecule has 1 aromatic heterocycles. The van der Waals surface area contributed by atoms with Gasteiger partial charge in [0.05, 0.1) is 0 Å². The first-order valence-corrected chi connectivity index (χ1v) is 9.56. The number of aromatic nitrogens is 1.